The monoisotopic (exact) mass is 304 g/mol. The van der Waals surface area contributed by atoms with E-state index < -0.39 is 0 Å². The number of aryl methyl sites for hydroxylation is 1. The van der Waals surface area contributed by atoms with Gasteiger partial charge in [-0.05, 0) is 25.0 Å². The number of carbonyl (C=O) groups excluding carboxylic acids is 2. The molecule has 0 aliphatic heterocycles. The summed E-state index contributed by atoms with van der Waals surface area (Å²) >= 11 is 1.48. The summed E-state index contributed by atoms with van der Waals surface area (Å²) in [6.45, 7) is 0.466. The molecule has 110 valence electrons. The second kappa shape index (κ2) is 5.81. The van der Waals surface area contributed by atoms with Gasteiger partial charge in [0.1, 0.15) is 0 Å². The van der Waals surface area contributed by atoms with Crippen LogP contribution in [0.1, 0.15) is 19.3 Å². The molecule has 0 radical (unpaired) electrons. The normalized spacial score (nSPS) is 15.4. The highest BCUT2D eigenvalue weighted by Gasteiger charge is 2.29. The number of aromatic nitrogens is 1. The average molecular weight is 304 g/mol. The highest BCUT2D eigenvalue weighted by molar-refractivity contribution is 7.16. The van der Waals surface area contributed by atoms with Crippen LogP contribution in [0.3, 0.4) is 0 Å². The fourth-order valence-electron chi connectivity index (χ4n) is 2.14. The molecule has 0 atom stereocenters. The first-order valence-corrected chi connectivity index (χ1v) is 7.74. The number of methoxy groups -OCH3 is 1. The third-order valence-corrected chi connectivity index (χ3v) is 4.55. The number of thiazole rings is 1. The van der Waals surface area contributed by atoms with Crippen LogP contribution in [0.15, 0.2) is 29.3 Å². The van der Waals surface area contributed by atoms with E-state index in [0.29, 0.717) is 11.3 Å². The summed E-state index contributed by atoms with van der Waals surface area (Å²) in [6.07, 6.45) is 2.15. The van der Waals surface area contributed by atoms with Gasteiger partial charge in [-0.2, -0.15) is 4.99 Å². The Morgan fingerprint density at radius 3 is 2.86 bits per heavy atom. The van der Waals surface area contributed by atoms with E-state index in [1.54, 1.807) is 0 Å². The van der Waals surface area contributed by atoms with Crippen molar-refractivity contribution in [1.29, 1.82) is 0 Å². The number of amides is 1. The maximum absolute atomic E-state index is 11.9. The number of fused-ring (bicyclic) bond motifs is 1. The summed E-state index contributed by atoms with van der Waals surface area (Å²) in [5.74, 6) is -0.213. The second-order valence-electron chi connectivity index (χ2n) is 5.05. The van der Waals surface area contributed by atoms with Crippen LogP contribution in [0.2, 0.25) is 0 Å². The van der Waals surface area contributed by atoms with Gasteiger partial charge >= 0.3 is 5.97 Å². The van der Waals surface area contributed by atoms with Crippen molar-refractivity contribution in [3.8, 4) is 0 Å². The Kier molecular flexibility index (Phi) is 3.88. The average Bonchev–Trinajstić information content (AvgIpc) is 3.28. The Labute approximate surface area is 125 Å². The molecule has 0 unspecified atom stereocenters. The summed E-state index contributed by atoms with van der Waals surface area (Å²) in [7, 11) is 1.38. The predicted molar refractivity (Wildman–Crippen MR) is 79.7 cm³/mol. The summed E-state index contributed by atoms with van der Waals surface area (Å²) in [4.78, 5) is 28.2. The van der Waals surface area contributed by atoms with E-state index in [9.17, 15) is 9.59 Å². The minimum absolute atomic E-state index is 0.0478. The Hall–Kier alpha value is -1.95. The highest BCUT2D eigenvalue weighted by Crippen LogP contribution is 2.30. The number of nitrogens with zero attached hydrogens (tertiary/aromatic N) is 2. The van der Waals surface area contributed by atoms with Gasteiger partial charge < -0.3 is 9.30 Å². The van der Waals surface area contributed by atoms with E-state index in [1.165, 1.54) is 18.4 Å². The van der Waals surface area contributed by atoms with Crippen molar-refractivity contribution in [2.45, 2.75) is 25.8 Å². The topological polar surface area (TPSA) is 60.7 Å². The van der Waals surface area contributed by atoms with Crippen LogP contribution in [0.25, 0.3) is 10.2 Å². The lowest BCUT2D eigenvalue weighted by Gasteiger charge is -2.04. The van der Waals surface area contributed by atoms with Crippen molar-refractivity contribution in [1.82, 2.24) is 4.57 Å². The lowest BCUT2D eigenvalue weighted by Crippen LogP contribution is -2.19. The SMILES string of the molecule is COC(=O)CCn1c(=NC(=O)C2CC2)sc2ccccc21. The Morgan fingerprint density at radius 2 is 2.14 bits per heavy atom. The summed E-state index contributed by atoms with van der Waals surface area (Å²) in [5, 5.41) is 0. The highest BCUT2D eigenvalue weighted by atomic mass is 32.1. The van der Waals surface area contributed by atoms with Gasteiger partial charge in [0.15, 0.2) is 4.80 Å². The molecular formula is C15H16N2O3S. The third-order valence-electron chi connectivity index (χ3n) is 3.49. The van der Waals surface area contributed by atoms with Crippen molar-refractivity contribution in [3.05, 3.63) is 29.1 Å². The van der Waals surface area contributed by atoms with Gasteiger partial charge in [0.05, 0.1) is 23.7 Å². The van der Waals surface area contributed by atoms with Crippen LogP contribution < -0.4 is 4.80 Å². The summed E-state index contributed by atoms with van der Waals surface area (Å²) in [6, 6.07) is 7.87. The Balaban J connectivity index is 2.00. The van der Waals surface area contributed by atoms with E-state index in [1.807, 2.05) is 28.8 Å². The molecule has 3 rings (SSSR count). The maximum atomic E-state index is 11.9. The van der Waals surface area contributed by atoms with Gasteiger partial charge in [0.25, 0.3) is 5.91 Å². The van der Waals surface area contributed by atoms with Crippen molar-refractivity contribution in [3.63, 3.8) is 0 Å². The van der Waals surface area contributed by atoms with Crippen molar-refractivity contribution >= 4 is 33.4 Å². The van der Waals surface area contributed by atoms with E-state index in [-0.39, 0.29) is 24.2 Å². The van der Waals surface area contributed by atoms with Crippen LogP contribution in [-0.2, 0) is 20.9 Å². The Bertz CT molecular complexity index is 756. The quantitative estimate of drug-likeness (QED) is 0.813. The molecule has 1 aliphatic carbocycles. The number of ether oxygens (including phenoxy) is 1. The second-order valence-corrected chi connectivity index (χ2v) is 6.06. The van der Waals surface area contributed by atoms with Gasteiger partial charge in [-0.15, -0.1) is 0 Å². The minimum atomic E-state index is -0.266. The molecule has 6 heteroatoms. The number of hydrogen-bond donors (Lipinski definition) is 0. The Morgan fingerprint density at radius 1 is 1.38 bits per heavy atom. The third kappa shape index (κ3) is 3.05. The fourth-order valence-corrected chi connectivity index (χ4v) is 3.20. The van der Waals surface area contributed by atoms with Gasteiger partial charge in [-0.1, -0.05) is 23.5 Å². The molecule has 0 spiro atoms. The molecule has 1 heterocycles. The summed E-state index contributed by atoms with van der Waals surface area (Å²) in [5.41, 5.74) is 0.994. The van der Waals surface area contributed by atoms with Gasteiger partial charge in [-0.3, -0.25) is 9.59 Å². The molecule has 0 bridgehead atoms. The van der Waals surface area contributed by atoms with Crippen LogP contribution in [-0.4, -0.2) is 23.6 Å². The molecule has 1 amide bonds. The van der Waals surface area contributed by atoms with E-state index >= 15 is 0 Å². The molecule has 2 aromatic rings. The van der Waals surface area contributed by atoms with E-state index in [2.05, 4.69) is 9.73 Å². The molecule has 1 fully saturated rings. The van der Waals surface area contributed by atoms with Crippen LogP contribution in [0.4, 0.5) is 0 Å². The van der Waals surface area contributed by atoms with Crippen LogP contribution in [0, 0.1) is 5.92 Å². The molecule has 5 nitrogen and oxygen atoms in total. The number of rotatable bonds is 4. The molecule has 0 N–H and O–H groups in total. The fraction of sp³-hybridized carbons (Fsp3) is 0.400. The van der Waals surface area contributed by atoms with Gasteiger partial charge in [0.2, 0.25) is 0 Å². The molecule has 1 aliphatic rings. The summed E-state index contributed by atoms with van der Waals surface area (Å²) < 4.78 is 7.67. The molecule has 1 aromatic carbocycles. The number of para-hydroxylation sites is 1. The van der Waals surface area contributed by atoms with Crippen molar-refractivity contribution < 1.29 is 14.3 Å². The predicted octanol–water partition coefficient (Wildman–Crippen LogP) is 2.10. The lowest BCUT2D eigenvalue weighted by molar-refractivity contribution is -0.140. The smallest absolute Gasteiger partial charge is 0.307 e. The maximum Gasteiger partial charge on any atom is 0.307 e. The molecule has 0 saturated heterocycles. The zero-order chi connectivity index (χ0) is 14.8. The zero-order valence-electron chi connectivity index (χ0n) is 11.7. The lowest BCUT2D eigenvalue weighted by atomic mass is 10.3. The molecule has 1 aromatic heterocycles. The van der Waals surface area contributed by atoms with Crippen molar-refractivity contribution in [2.75, 3.05) is 7.11 Å². The number of carbonyl (C=O) groups is 2. The number of esters is 1. The first kappa shape index (κ1) is 14.0. The largest absolute Gasteiger partial charge is 0.469 e. The van der Waals surface area contributed by atoms with Crippen LogP contribution >= 0.6 is 11.3 Å². The van der Waals surface area contributed by atoms with E-state index in [0.717, 1.165) is 23.1 Å². The van der Waals surface area contributed by atoms with Gasteiger partial charge in [-0.25, -0.2) is 0 Å². The first-order chi connectivity index (χ1) is 10.2. The number of hydrogen-bond acceptors (Lipinski definition) is 4. The first-order valence-electron chi connectivity index (χ1n) is 6.93. The molecule has 21 heavy (non-hydrogen) atoms. The standard InChI is InChI=1S/C15H16N2O3S/c1-20-13(18)8-9-17-11-4-2-3-5-12(11)21-15(17)16-14(19)10-6-7-10/h2-5,10H,6-9H2,1H3. The van der Waals surface area contributed by atoms with Crippen LogP contribution in [0.5, 0.6) is 0 Å². The minimum Gasteiger partial charge on any atom is -0.469 e. The number of benzene rings is 1. The molecule has 1 saturated carbocycles. The van der Waals surface area contributed by atoms with Crippen molar-refractivity contribution in [2.24, 2.45) is 10.9 Å². The van der Waals surface area contributed by atoms with Gasteiger partial charge in [0, 0.05) is 12.5 Å². The van der Waals surface area contributed by atoms with E-state index in [4.69, 9.17) is 0 Å². The molecular weight excluding hydrogens is 288 g/mol. The zero-order valence-corrected chi connectivity index (χ0v) is 12.6.